The van der Waals surface area contributed by atoms with Gasteiger partial charge in [0.1, 0.15) is 5.75 Å². The van der Waals surface area contributed by atoms with E-state index in [1.807, 2.05) is 42.5 Å². The van der Waals surface area contributed by atoms with Crippen molar-refractivity contribution in [1.29, 1.82) is 0 Å². The molecule has 0 bridgehead atoms. The molecular weight excluding hydrogens is 403 g/mol. The first-order valence-electron chi connectivity index (χ1n) is 8.74. The number of amides is 1. The maximum Gasteiger partial charge on any atom is 0.417 e. The summed E-state index contributed by atoms with van der Waals surface area (Å²) in [5.74, 6) is -0.105. The van der Waals surface area contributed by atoms with Crippen molar-refractivity contribution in [3.8, 4) is 16.9 Å². The molecule has 150 valence electrons. The first kappa shape index (κ1) is 20.7. The quantitative estimate of drug-likeness (QED) is 0.517. The minimum absolute atomic E-state index is 0.0124. The van der Waals surface area contributed by atoms with Gasteiger partial charge in [0.05, 0.1) is 10.6 Å². The average Bonchev–Trinajstić information content (AvgIpc) is 2.69. The lowest BCUT2D eigenvalue weighted by molar-refractivity contribution is -0.137. The molecule has 0 heterocycles. The molecule has 1 atom stereocenters. The third-order valence-electron chi connectivity index (χ3n) is 4.18. The summed E-state index contributed by atoms with van der Waals surface area (Å²) in [5.41, 5.74) is 1.02. The zero-order valence-electron chi connectivity index (χ0n) is 15.3. The normalized spacial score (nSPS) is 12.3. The molecule has 1 amide bonds. The van der Waals surface area contributed by atoms with E-state index in [2.05, 4.69) is 5.32 Å². The first-order valence-corrected chi connectivity index (χ1v) is 9.11. The van der Waals surface area contributed by atoms with Crippen LogP contribution in [0.2, 0.25) is 5.02 Å². The Kier molecular flexibility index (Phi) is 6.13. The number of halogens is 4. The molecule has 3 aromatic carbocycles. The summed E-state index contributed by atoms with van der Waals surface area (Å²) in [7, 11) is 0. The Morgan fingerprint density at radius 3 is 2.21 bits per heavy atom. The highest BCUT2D eigenvalue weighted by Crippen LogP contribution is 2.36. The van der Waals surface area contributed by atoms with Gasteiger partial charge in [0, 0.05) is 5.69 Å². The summed E-state index contributed by atoms with van der Waals surface area (Å²) in [5, 5.41) is 1.98. The average molecular weight is 420 g/mol. The van der Waals surface area contributed by atoms with Crippen LogP contribution >= 0.6 is 11.6 Å². The monoisotopic (exact) mass is 419 g/mol. The van der Waals surface area contributed by atoms with Gasteiger partial charge >= 0.3 is 6.18 Å². The van der Waals surface area contributed by atoms with E-state index in [4.69, 9.17) is 16.3 Å². The molecule has 3 rings (SSSR count). The molecule has 0 fully saturated rings. The number of hydrogen-bond acceptors (Lipinski definition) is 2. The number of alkyl halides is 3. The fraction of sp³-hybridized carbons (Fsp3) is 0.136. The minimum Gasteiger partial charge on any atom is -0.481 e. The lowest BCUT2D eigenvalue weighted by Crippen LogP contribution is -2.30. The SMILES string of the molecule is CC(Oc1ccc(-c2ccccc2)cc1)C(=O)Nc1ccc(Cl)c(C(F)(F)F)c1. The number of nitrogens with one attached hydrogen (secondary N) is 1. The standard InChI is InChI=1S/C22H17ClF3NO2/c1-14(21(28)27-17-9-12-20(23)19(13-17)22(24,25)26)29-18-10-7-16(8-11-18)15-5-3-2-4-6-15/h2-14H,1H3,(H,27,28). The van der Waals surface area contributed by atoms with Crippen molar-refractivity contribution in [1.82, 2.24) is 0 Å². The van der Waals surface area contributed by atoms with E-state index in [0.29, 0.717) is 5.75 Å². The second-order valence-corrected chi connectivity index (χ2v) is 6.74. The Labute approximate surface area is 171 Å². The van der Waals surface area contributed by atoms with Crippen LogP contribution in [0.5, 0.6) is 5.75 Å². The van der Waals surface area contributed by atoms with Gasteiger partial charge in [-0.05, 0) is 48.4 Å². The summed E-state index contributed by atoms with van der Waals surface area (Å²) in [6.07, 6.45) is -5.52. The third kappa shape index (κ3) is 5.29. The fourth-order valence-electron chi connectivity index (χ4n) is 2.68. The van der Waals surface area contributed by atoms with Gasteiger partial charge in [-0.1, -0.05) is 54.1 Å². The Morgan fingerprint density at radius 2 is 1.59 bits per heavy atom. The van der Waals surface area contributed by atoms with E-state index in [1.165, 1.54) is 13.0 Å². The van der Waals surface area contributed by atoms with Crippen LogP contribution in [0.1, 0.15) is 12.5 Å². The van der Waals surface area contributed by atoms with Gasteiger partial charge < -0.3 is 10.1 Å². The Morgan fingerprint density at radius 1 is 0.966 bits per heavy atom. The lowest BCUT2D eigenvalue weighted by Gasteiger charge is -2.16. The van der Waals surface area contributed by atoms with Crippen LogP contribution in [0.3, 0.4) is 0 Å². The van der Waals surface area contributed by atoms with Crippen LogP contribution in [0.4, 0.5) is 18.9 Å². The third-order valence-corrected chi connectivity index (χ3v) is 4.51. The summed E-state index contributed by atoms with van der Waals surface area (Å²) < 4.78 is 44.4. The van der Waals surface area contributed by atoms with Crippen LogP contribution < -0.4 is 10.1 Å². The minimum atomic E-state index is -4.61. The van der Waals surface area contributed by atoms with E-state index < -0.39 is 28.8 Å². The molecular formula is C22H17ClF3NO2. The largest absolute Gasteiger partial charge is 0.481 e. The highest BCUT2D eigenvalue weighted by Gasteiger charge is 2.33. The number of rotatable bonds is 5. The molecule has 1 N–H and O–H groups in total. The zero-order chi connectivity index (χ0) is 21.0. The van der Waals surface area contributed by atoms with Crippen LogP contribution in [0.15, 0.2) is 72.8 Å². The van der Waals surface area contributed by atoms with Crippen molar-refractivity contribution >= 4 is 23.2 Å². The van der Waals surface area contributed by atoms with E-state index in [-0.39, 0.29) is 5.69 Å². The maximum absolute atomic E-state index is 12.9. The number of hydrogen-bond donors (Lipinski definition) is 1. The Hall–Kier alpha value is -2.99. The summed E-state index contributed by atoms with van der Waals surface area (Å²) in [6, 6.07) is 20.1. The molecule has 0 spiro atoms. The highest BCUT2D eigenvalue weighted by atomic mass is 35.5. The number of benzene rings is 3. The van der Waals surface area contributed by atoms with Gasteiger partial charge in [0.15, 0.2) is 6.10 Å². The van der Waals surface area contributed by atoms with E-state index >= 15 is 0 Å². The lowest BCUT2D eigenvalue weighted by atomic mass is 10.1. The maximum atomic E-state index is 12.9. The van der Waals surface area contributed by atoms with E-state index in [0.717, 1.165) is 23.3 Å². The molecule has 0 radical (unpaired) electrons. The topological polar surface area (TPSA) is 38.3 Å². The summed E-state index contributed by atoms with van der Waals surface area (Å²) in [4.78, 5) is 12.3. The summed E-state index contributed by atoms with van der Waals surface area (Å²) in [6.45, 7) is 1.51. The number of carbonyl (C=O) groups excluding carboxylic acids is 1. The Balaban J connectivity index is 1.65. The molecule has 29 heavy (non-hydrogen) atoms. The second-order valence-electron chi connectivity index (χ2n) is 6.33. The first-order chi connectivity index (χ1) is 13.7. The van der Waals surface area contributed by atoms with Gasteiger partial charge in [-0.25, -0.2) is 0 Å². The van der Waals surface area contributed by atoms with Crippen molar-refractivity contribution in [2.45, 2.75) is 19.2 Å². The Bertz CT molecular complexity index is 989. The van der Waals surface area contributed by atoms with Crippen molar-refractivity contribution < 1.29 is 22.7 Å². The smallest absolute Gasteiger partial charge is 0.417 e. The number of anilines is 1. The molecule has 0 saturated carbocycles. The van der Waals surface area contributed by atoms with Crippen LogP contribution in [-0.4, -0.2) is 12.0 Å². The van der Waals surface area contributed by atoms with Crippen LogP contribution in [0, 0.1) is 0 Å². The number of ether oxygens (including phenoxy) is 1. The molecule has 0 aliphatic heterocycles. The zero-order valence-corrected chi connectivity index (χ0v) is 16.1. The predicted molar refractivity (Wildman–Crippen MR) is 107 cm³/mol. The predicted octanol–water partition coefficient (Wildman–Crippen LogP) is 6.43. The van der Waals surface area contributed by atoms with Crippen LogP contribution in [-0.2, 0) is 11.0 Å². The highest BCUT2D eigenvalue weighted by molar-refractivity contribution is 6.31. The molecule has 0 aliphatic carbocycles. The summed E-state index contributed by atoms with van der Waals surface area (Å²) >= 11 is 5.59. The van der Waals surface area contributed by atoms with Gasteiger partial charge in [-0.3, -0.25) is 4.79 Å². The van der Waals surface area contributed by atoms with Gasteiger partial charge in [-0.15, -0.1) is 0 Å². The van der Waals surface area contributed by atoms with Crippen molar-refractivity contribution in [2.24, 2.45) is 0 Å². The van der Waals surface area contributed by atoms with Gasteiger partial charge in [0.25, 0.3) is 5.91 Å². The molecule has 3 nitrogen and oxygen atoms in total. The van der Waals surface area contributed by atoms with E-state index in [9.17, 15) is 18.0 Å². The van der Waals surface area contributed by atoms with Crippen molar-refractivity contribution in [3.05, 3.63) is 83.4 Å². The molecule has 1 unspecified atom stereocenters. The van der Waals surface area contributed by atoms with Gasteiger partial charge in [0.2, 0.25) is 0 Å². The molecule has 0 aliphatic rings. The molecule has 3 aromatic rings. The van der Waals surface area contributed by atoms with Gasteiger partial charge in [-0.2, -0.15) is 13.2 Å². The van der Waals surface area contributed by atoms with Crippen LogP contribution in [0.25, 0.3) is 11.1 Å². The molecule has 7 heteroatoms. The van der Waals surface area contributed by atoms with E-state index in [1.54, 1.807) is 12.1 Å². The second kappa shape index (κ2) is 8.57. The fourth-order valence-corrected chi connectivity index (χ4v) is 2.90. The van der Waals surface area contributed by atoms with Crippen molar-refractivity contribution in [2.75, 3.05) is 5.32 Å². The molecule has 0 saturated heterocycles. The number of carbonyl (C=O) groups is 1. The van der Waals surface area contributed by atoms with Crippen molar-refractivity contribution in [3.63, 3.8) is 0 Å². The molecule has 0 aromatic heterocycles.